The predicted molar refractivity (Wildman–Crippen MR) is 85.2 cm³/mol. The molecule has 2 nitrogen and oxygen atoms in total. The molecule has 19 heavy (non-hydrogen) atoms. The van der Waals surface area contributed by atoms with Gasteiger partial charge in [-0.15, -0.1) is 11.3 Å². The molecule has 2 aromatic rings. The fourth-order valence-electron chi connectivity index (χ4n) is 1.56. The fourth-order valence-corrected chi connectivity index (χ4v) is 3.14. The SMILES string of the molecule is C=C(S/C(=N\C)c1csc(C=O)c1)c1ccccc1. The highest BCUT2D eigenvalue weighted by molar-refractivity contribution is 8.22. The number of rotatable bonds is 4. The lowest BCUT2D eigenvalue weighted by atomic mass is 10.2. The molecule has 0 unspecified atom stereocenters. The van der Waals surface area contributed by atoms with Gasteiger partial charge in [-0.05, 0) is 11.6 Å². The van der Waals surface area contributed by atoms with Crippen LogP contribution in [-0.4, -0.2) is 18.4 Å². The average Bonchev–Trinajstić information content (AvgIpc) is 2.94. The number of nitrogens with zero attached hydrogens (tertiary/aromatic N) is 1. The van der Waals surface area contributed by atoms with Crippen molar-refractivity contribution in [1.82, 2.24) is 0 Å². The average molecular weight is 287 g/mol. The van der Waals surface area contributed by atoms with Gasteiger partial charge in [-0.25, -0.2) is 0 Å². The number of benzene rings is 1. The second-order valence-corrected chi connectivity index (χ2v) is 5.80. The minimum Gasteiger partial charge on any atom is -0.297 e. The van der Waals surface area contributed by atoms with E-state index >= 15 is 0 Å². The van der Waals surface area contributed by atoms with Crippen molar-refractivity contribution < 1.29 is 4.79 Å². The van der Waals surface area contributed by atoms with Gasteiger partial charge in [0, 0.05) is 22.9 Å². The van der Waals surface area contributed by atoms with Crippen LogP contribution >= 0.6 is 23.1 Å². The van der Waals surface area contributed by atoms with E-state index in [1.54, 1.807) is 7.05 Å². The lowest BCUT2D eigenvalue weighted by Gasteiger charge is -2.06. The molecule has 0 aliphatic carbocycles. The summed E-state index contributed by atoms with van der Waals surface area (Å²) in [4.78, 5) is 16.7. The molecule has 1 aromatic heterocycles. The van der Waals surface area contributed by atoms with Crippen molar-refractivity contribution in [3.05, 3.63) is 64.4 Å². The third-order valence-electron chi connectivity index (χ3n) is 2.50. The number of hydrogen-bond acceptors (Lipinski definition) is 4. The molecular weight excluding hydrogens is 274 g/mol. The molecule has 0 atom stereocenters. The molecule has 0 spiro atoms. The first-order valence-electron chi connectivity index (χ1n) is 5.67. The van der Waals surface area contributed by atoms with E-state index < -0.39 is 0 Å². The summed E-state index contributed by atoms with van der Waals surface area (Å²) < 4.78 is 0. The Labute approximate surface area is 120 Å². The highest BCUT2D eigenvalue weighted by Gasteiger charge is 2.09. The van der Waals surface area contributed by atoms with E-state index in [0.29, 0.717) is 4.88 Å². The molecule has 4 heteroatoms. The van der Waals surface area contributed by atoms with Gasteiger partial charge in [0.05, 0.1) is 4.88 Å². The third kappa shape index (κ3) is 3.43. The lowest BCUT2D eigenvalue weighted by molar-refractivity contribution is 0.112. The molecule has 0 fully saturated rings. The number of thiophene rings is 1. The normalized spacial score (nSPS) is 11.3. The van der Waals surface area contributed by atoms with Crippen LogP contribution in [0.4, 0.5) is 0 Å². The summed E-state index contributed by atoms with van der Waals surface area (Å²) in [6, 6.07) is 11.8. The van der Waals surface area contributed by atoms with Gasteiger partial charge in [0.2, 0.25) is 0 Å². The summed E-state index contributed by atoms with van der Waals surface area (Å²) in [6.45, 7) is 4.08. The Morgan fingerprint density at radius 3 is 2.63 bits per heavy atom. The first-order valence-corrected chi connectivity index (χ1v) is 7.37. The van der Waals surface area contributed by atoms with Crippen molar-refractivity contribution in [2.45, 2.75) is 0 Å². The van der Waals surface area contributed by atoms with Gasteiger partial charge in [0.1, 0.15) is 5.04 Å². The smallest absolute Gasteiger partial charge is 0.160 e. The fraction of sp³-hybridized carbons (Fsp3) is 0.0667. The molecular formula is C15H13NOS2. The maximum atomic E-state index is 10.7. The van der Waals surface area contributed by atoms with Crippen LogP contribution in [0.25, 0.3) is 4.91 Å². The van der Waals surface area contributed by atoms with Crippen LogP contribution in [0.15, 0.2) is 53.3 Å². The number of carbonyl (C=O) groups excluding carboxylic acids is 1. The summed E-state index contributed by atoms with van der Waals surface area (Å²) in [5, 5.41) is 2.82. The Morgan fingerprint density at radius 1 is 1.32 bits per heavy atom. The number of aldehydes is 1. The van der Waals surface area contributed by atoms with Crippen molar-refractivity contribution in [1.29, 1.82) is 0 Å². The maximum Gasteiger partial charge on any atom is 0.160 e. The van der Waals surface area contributed by atoms with Crippen molar-refractivity contribution in [3.8, 4) is 0 Å². The number of aliphatic imine (C=N–C) groups is 1. The Hall–Kier alpha value is -1.65. The first-order chi connectivity index (χ1) is 9.24. The highest BCUT2D eigenvalue weighted by Crippen LogP contribution is 2.30. The predicted octanol–water partition coefficient (Wildman–Crippen LogP) is 4.34. The van der Waals surface area contributed by atoms with E-state index in [1.165, 1.54) is 23.1 Å². The van der Waals surface area contributed by atoms with E-state index in [9.17, 15) is 4.79 Å². The zero-order valence-corrected chi connectivity index (χ0v) is 12.1. The van der Waals surface area contributed by atoms with Gasteiger partial charge in [-0.3, -0.25) is 9.79 Å². The van der Waals surface area contributed by atoms with Crippen LogP contribution in [0, 0.1) is 0 Å². The van der Waals surface area contributed by atoms with Gasteiger partial charge in [0.15, 0.2) is 6.29 Å². The molecule has 0 aliphatic rings. The van der Waals surface area contributed by atoms with Gasteiger partial charge < -0.3 is 0 Å². The Balaban J connectivity index is 2.16. The van der Waals surface area contributed by atoms with E-state index in [0.717, 1.165) is 27.4 Å². The van der Waals surface area contributed by atoms with Crippen molar-refractivity contribution in [3.63, 3.8) is 0 Å². The van der Waals surface area contributed by atoms with Crippen molar-refractivity contribution >= 4 is 39.3 Å². The van der Waals surface area contributed by atoms with Crippen LogP contribution in [0.3, 0.4) is 0 Å². The van der Waals surface area contributed by atoms with Crippen LogP contribution in [0.5, 0.6) is 0 Å². The number of carbonyl (C=O) groups is 1. The van der Waals surface area contributed by atoms with E-state index in [1.807, 2.05) is 41.8 Å². The van der Waals surface area contributed by atoms with Gasteiger partial charge in [-0.2, -0.15) is 0 Å². The molecule has 0 aliphatic heterocycles. The van der Waals surface area contributed by atoms with E-state index in [-0.39, 0.29) is 0 Å². The topological polar surface area (TPSA) is 29.4 Å². The molecule has 2 rings (SSSR count). The molecule has 0 saturated carbocycles. The Bertz CT molecular complexity index is 614. The van der Waals surface area contributed by atoms with Gasteiger partial charge in [-0.1, -0.05) is 48.7 Å². The van der Waals surface area contributed by atoms with E-state index in [2.05, 4.69) is 11.6 Å². The number of thioether (sulfide) groups is 1. The van der Waals surface area contributed by atoms with Crippen LogP contribution in [-0.2, 0) is 0 Å². The second kappa shape index (κ2) is 6.50. The maximum absolute atomic E-state index is 10.7. The molecule has 1 heterocycles. The van der Waals surface area contributed by atoms with Crippen LogP contribution in [0.2, 0.25) is 0 Å². The molecule has 96 valence electrons. The Morgan fingerprint density at radius 2 is 2.05 bits per heavy atom. The van der Waals surface area contributed by atoms with Gasteiger partial charge >= 0.3 is 0 Å². The van der Waals surface area contributed by atoms with Crippen molar-refractivity contribution in [2.24, 2.45) is 4.99 Å². The standard InChI is InChI=1S/C15H13NOS2/c1-11(12-6-4-3-5-7-12)19-15(16-2)13-8-14(9-17)18-10-13/h3-10H,1H2,2H3/b16-15-. The summed E-state index contributed by atoms with van der Waals surface area (Å²) in [5.41, 5.74) is 2.05. The molecule has 0 amide bonds. The molecule has 0 bridgehead atoms. The van der Waals surface area contributed by atoms with Crippen LogP contribution < -0.4 is 0 Å². The minimum absolute atomic E-state index is 0.710. The summed E-state index contributed by atoms with van der Waals surface area (Å²) in [7, 11) is 1.75. The zero-order valence-electron chi connectivity index (χ0n) is 10.5. The summed E-state index contributed by atoms with van der Waals surface area (Å²) >= 11 is 2.95. The quantitative estimate of drug-likeness (QED) is 0.475. The first kappa shape index (κ1) is 13.8. The minimum atomic E-state index is 0.710. The largest absolute Gasteiger partial charge is 0.297 e. The van der Waals surface area contributed by atoms with Crippen LogP contribution in [0.1, 0.15) is 20.8 Å². The highest BCUT2D eigenvalue weighted by atomic mass is 32.2. The Kier molecular flexibility index (Phi) is 4.71. The zero-order chi connectivity index (χ0) is 13.7. The number of hydrogen-bond donors (Lipinski definition) is 0. The molecule has 0 N–H and O–H groups in total. The van der Waals surface area contributed by atoms with E-state index in [4.69, 9.17) is 0 Å². The monoisotopic (exact) mass is 287 g/mol. The van der Waals surface area contributed by atoms with Gasteiger partial charge in [0.25, 0.3) is 0 Å². The van der Waals surface area contributed by atoms with Crippen molar-refractivity contribution in [2.75, 3.05) is 7.05 Å². The summed E-state index contributed by atoms with van der Waals surface area (Å²) in [6.07, 6.45) is 0.859. The second-order valence-electron chi connectivity index (χ2n) is 3.78. The molecule has 0 radical (unpaired) electrons. The lowest BCUT2D eigenvalue weighted by Crippen LogP contribution is -1.93. The molecule has 0 saturated heterocycles. The third-order valence-corrected chi connectivity index (χ3v) is 4.45. The summed E-state index contributed by atoms with van der Waals surface area (Å²) in [5.74, 6) is 0. The molecule has 1 aromatic carbocycles.